The highest BCUT2D eigenvalue weighted by molar-refractivity contribution is 5.66. The molecule has 0 amide bonds. The summed E-state index contributed by atoms with van der Waals surface area (Å²) in [4.78, 5) is 0. The standard InChI is InChI=1S/C11H22N2O/c1-11(2,10-12-14)13(3)8-6-4-5-7-9-13/h10H,4-9H2,1-3H3/p+1/b12-10-. The van der Waals surface area contributed by atoms with E-state index < -0.39 is 0 Å². The van der Waals surface area contributed by atoms with Crippen LogP contribution in [-0.2, 0) is 0 Å². The Labute approximate surface area is 87.0 Å². The third kappa shape index (κ3) is 2.27. The second-order valence-electron chi connectivity index (χ2n) is 5.16. The van der Waals surface area contributed by atoms with E-state index in [0.29, 0.717) is 0 Å². The molecule has 0 aromatic rings. The predicted molar refractivity (Wildman–Crippen MR) is 58.7 cm³/mol. The molecular formula is C11H23N2O+. The van der Waals surface area contributed by atoms with Crippen LogP contribution in [0, 0.1) is 0 Å². The lowest BCUT2D eigenvalue weighted by atomic mass is 10.0. The molecule has 0 aromatic carbocycles. The largest absolute Gasteiger partial charge is 0.411 e. The Bertz CT molecular complexity index is 203. The molecule has 3 heteroatoms. The molecule has 0 aromatic heterocycles. The van der Waals surface area contributed by atoms with Crippen molar-refractivity contribution < 1.29 is 9.69 Å². The average Bonchev–Trinajstić information content (AvgIpc) is 2.31. The van der Waals surface area contributed by atoms with Gasteiger partial charge >= 0.3 is 0 Å². The second-order valence-corrected chi connectivity index (χ2v) is 5.16. The van der Waals surface area contributed by atoms with Crippen LogP contribution in [-0.4, -0.2) is 41.6 Å². The molecular weight excluding hydrogens is 176 g/mol. The fourth-order valence-corrected chi connectivity index (χ4v) is 2.24. The summed E-state index contributed by atoms with van der Waals surface area (Å²) in [5.41, 5.74) is -0.0565. The van der Waals surface area contributed by atoms with Crippen molar-refractivity contribution in [2.75, 3.05) is 20.1 Å². The molecule has 1 saturated heterocycles. The average molecular weight is 199 g/mol. The van der Waals surface area contributed by atoms with E-state index in [0.717, 1.165) is 4.48 Å². The number of nitrogens with zero attached hydrogens (tertiary/aromatic N) is 2. The molecule has 0 bridgehead atoms. The lowest BCUT2D eigenvalue weighted by Crippen LogP contribution is -2.60. The number of hydrogen-bond acceptors (Lipinski definition) is 2. The third-order valence-corrected chi connectivity index (χ3v) is 3.82. The SMILES string of the molecule is CC(C)(/C=N\O)[N+]1(C)CCCCCC1. The summed E-state index contributed by atoms with van der Waals surface area (Å²) in [7, 11) is 2.27. The van der Waals surface area contributed by atoms with Crippen molar-refractivity contribution in [3.05, 3.63) is 0 Å². The first-order chi connectivity index (χ1) is 6.52. The molecule has 82 valence electrons. The first-order valence-electron chi connectivity index (χ1n) is 5.55. The Morgan fingerprint density at radius 1 is 1.14 bits per heavy atom. The van der Waals surface area contributed by atoms with Crippen molar-refractivity contribution in [2.45, 2.75) is 45.1 Å². The van der Waals surface area contributed by atoms with Crippen LogP contribution >= 0.6 is 0 Å². The van der Waals surface area contributed by atoms with Gasteiger partial charge in [-0.2, -0.15) is 0 Å². The van der Waals surface area contributed by atoms with Gasteiger partial charge in [0.25, 0.3) is 0 Å². The maximum Gasteiger partial charge on any atom is 0.132 e. The van der Waals surface area contributed by atoms with Crippen LogP contribution in [0.15, 0.2) is 5.16 Å². The summed E-state index contributed by atoms with van der Waals surface area (Å²) in [5, 5.41) is 11.9. The predicted octanol–water partition coefficient (Wildman–Crippen LogP) is 2.25. The first kappa shape index (κ1) is 11.5. The van der Waals surface area contributed by atoms with Gasteiger partial charge in [-0.15, -0.1) is 0 Å². The molecule has 1 rings (SSSR count). The second kappa shape index (κ2) is 4.30. The van der Waals surface area contributed by atoms with Gasteiger partial charge in [0.15, 0.2) is 0 Å². The number of quaternary nitrogens is 1. The van der Waals surface area contributed by atoms with Crippen molar-refractivity contribution in [3.63, 3.8) is 0 Å². The van der Waals surface area contributed by atoms with Gasteiger partial charge in [-0.3, -0.25) is 0 Å². The minimum Gasteiger partial charge on any atom is -0.411 e. The Morgan fingerprint density at radius 2 is 1.64 bits per heavy atom. The fourth-order valence-electron chi connectivity index (χ4n) is 2.24. The van der Waals surface area contributed by atoms with Gasteiger partial charge < -0.3 is 9.69 Å². The number of likely N-dealkylation sites (tertiary alicyclic amines) is 1. The number of oxime groups is 1. The van der Waals surface area contributed by atoms with E-state index in [2.05, 4.69) is 26.1 Å². The Morgan fingerprint density at radius 3 is 2.07 bits per heavy atom. The third-order valence-electron chi connectivity index (χ3n) is 3.82. The molecule has 0 aliphatic carbocycles. The van der Waals surface area contributed by atoms with Crippen LogP contribution < -0.4 is 0 Å². The minimum absolute atomic E-state index is 0.0565. The van der Waals surface area contributed by atoms with Crippen LogP contribution in [0.1, 0.15) is 39.5 Å². The molecule has 14 heavy (non-hydrogen) atoms. The smallest absolute Gasteiger partial charge is 0.132 e. The highest BCUT2D eigenvalue weighted by Gasteiger charge is 2.39. The van der Waals surface area contributed by atoms with E-state index in [9.17, 15) is 0 Å². The maximum atomic E-state index is 8.68. The molecule has 1 heterocycles. The lowest BCUT2D eigenvalue weighted by molar-refractivity contribution is -0.942. The van der Waals surface area contributed by atoms with Gasteiger partial charge in [0.1, 0.15) is 11.8 Å². The van der Waals surface area contributed by atoms with E-state index in [-0.39, 0.29) is 5.54 Å². The van der Waals surface area contributed by atoms with Crippen molar-refractivity contribution in [1.82, 2.24) is 0 Å². The van der Waals surface area contributed by atoms with Gasteiger partial charge in [-0.05, 0) is 39.5 Å². The molecule has 0 spiro atoms. The van der Waals surface area contributed by atoms with Crippen molar-refractivity contribution >= 4 is 6.21 Å². The fraction of sp³-hybridized carbons (Fsp3) is 0.909. The molecule has 0 radical (unpaired) electrons. The normalized spacial score (nSPS) is 23.6. The minimum atomic E-state index is -0.0565. The molecule has 1 fully saturated rings. The topological polar surface area (TPSA) is 32.6 Å². The van der Waals surface area contributed by atoms with Gasteiger partial charge in [-0.1, -0.05) is 5.16 Å². The number of hydrogen-bond donors (Lipinski definition) is 1. The molecule has 0 atom stereocenters. The Hall–Kier alpha value is -0.570. The van der Waals surface area contributed by atoms with Crippen LogP contribution in [0.2, 0.25) is 0 Å². The monoisotopic (exact) mass is 199 g/mol. The van der Waals surface area contributed by atoms with Crippen molar-refractivity contribution in [2.24, 2.45) is 5.16 Å². The van der Waals surface area contributed by atoms with Crippen LogP contribution in [0.25, 0.3) is 0 Å². The van der Waals surface area contributed by atoms with Crippen LogP contribution in [0.3, 0.4) is 0 Å². The highest BCUT2D eigenvalue weighted by atomic mass is 16.4. The summed E-state index contributed by atoms with van der Waals surface area (Å²) < 4.78 is 0.997. The van der Waals surface area contributed by atoms with Gasteiger partial charge in [0.05, 0.1) is 20.1 Å². The van der Waals surface area contributed by atoms with Gasteiger partial charge in [-0.25, -0.2) is 0 Å². The van der Waals surface area contributed by atoms with Gasteiger partial charge in [0.2, 0.25) is 0 Å². The zero-order chi connectivity index (χ0) is 10.7. The van der Waals surface area contributed by atoms with Crippen molar-refractivity contribution in [1.29, 1.82) is 0 Å². The van der Waals surface area contributed by atoms with E-state index in [1.54, 1.807) is 6.21 Å². The zero-order valence-electron chi connectivity index (χ0n) is 9.66. The zero-order valence-corrected chi connectivity index (χ0v) is 9.66. The van der Waals surface area contributed by atoms with E-state index >= 15 is 0 Å². The molecule has 0 unspecified atom stereocenters. The van der Waals surface area contributed by atoms with E-state index in [1.807, 2.05) is 0 Å². The van der Waals surface area contributed by atoms with Gasteiger partial charge in [0, 0.05) is 0 Å². The highest BCUT2D eigenvalue weighted by Crippen LogP contribution is 2.26. The van der Waals surface area contributed by atoms with Crippen molar-refractivity contribution in [3.8, 4) is 0 Å². The molecule has 1 aliphatic heterocycles. The summed E-state index contributed by atoms with van der Waals surface area (Å²) in [5.74, 6) is 0. The Balaban J connectivity index is 2.79. The Kier molecular flexibility index (Phi) is 3.53. The van der Waals surface area contributed by atoms with Crippen LogP contribution in [0.4, 0.5) is 0 Å². The van der Waals surface area contributed by atoms with Crippen LogP contribution in [0.5, 0.6) is 0 Å². The molecule has 0 saturated carbocycles. The maximum absolute atomic E-state index is 8.68. The summed E-state index contributed by atoms with van der Waals surface area (Å²) in [6, 6.07) is 0. The first-order valence-corrected chi connectivity index (χ1v) is 5.55. The van der Waals surface area contributed by atoms with E-state index in [4.69, 9.17) is 5.21 Å². The number of rotatable bonds is 2. The summed E-state index contributed by atoms with van der Waals surface area (Å²) in [6.07, 6.45) is 6.96. The molecule has 1 aliphatic rings. The molecule has 3 nitrogen and oxygen atoms in total. The molecule has 1 N–H and O–H groups in total. The summed E-state index contributed by atoms with van der Waals surface area (Å²) in [6.45, 7) is 6.69. The van der Waals surface area contributed by atoms with E-state index in [1.165, 1.54) is 38.8 Å². The lowest BCUT2D eigenvalue weighted by Gasteiger charge is -2.44. The summed E-state index contributed by atoms with van der Waals surface area (Å²) >= 11 is 0. The quantitative estimate of drug-likeness (QED) is 0.314.